The number of hydrazine groups is 1. The number of amides is 2. The Morgan fingerprint density at radius 2 is 1.75 bits per heavy atom. The van der Waals surface area contributed by atoms with Crippen molar-refractivity contribution in [1.82, 2.24) is 5.43 Å². The van der Waals surface area contributed by atoms with E-state index in [1.807, 2.05) is 42.5 Å². The summed E-state index contributed by atoms with van der Waals surface area (Å²) in [6, 6.07) is 13.8. The number of nitrogens with one attached hydrogen (secondary N) is 2. The summed E-state index contributed by atoms with van der Waals surface area (Å²) in [4.78, 5) is 22.6. The van der Waals surface area contributed by atoms with Gasteiger partial charge in [-0.3, -0.25) is 15.0 Å². The van der Waals surface area contributed by atoms with Gasteiger partial charge in [0, 0.05) is 0 Å². The average Bonchev–Trinajstić information content (AvgIpc) is 2.60. The summed E-state index contributed by atoms with van der Waals surface area (Å²) in [6.45, 7) is 0.0703. The van der Waals surface area contributed by atoms with Crippen molar-refractivity contribution in [3.8, 4) is 5.75 Å². The summed E-state index contributed by atoms with van der Waals surface area (Å²) in [6.07, 6.45) is 2.00. The fraction of sp³-hybridized carbons (Fsp3) is 0.222. The van der Waals surface area contributed by atoms with Gasteiger partial charge in [0.25, 0.3) is 5.91 Å². The van der Waals surface area contributed by atoms with Crippen LogP contribution in [0.4, 0.5) is 5.69 Å². The lowest BCUT2D eigenvalue weighted by Gasteiger charge is -2.18. The Bertz CT molecular complexity index is 757. The zero-order chi connectivity index (χ0) is 16.9. The molecule has 1 aliphatic rings. The quantitative estimate of drug-likeness (QED) is 0.439. The first kappa shape index (κ1) is 16.0. The first-order valence-corrected chi connectivity index (χ1v) is 7.77. The topological polar surface area (TPSA) is 93.5 Å². The molecule has 0 unspecified atom stereocenters. The molecule has 24 heavy (non-hydrogen) atoms. The SMILES string of the molecule is NNC(=O)Cc1ccc(CCc2ccc3c(c2)NC(=O)CO3)cc1. The molecule has 2 aromatic rings. The molecular weight excluding hydrogens is 306 g/mol. The molecule has 0 saturated carbocycles. The summed E-state index contributed by atoms with van der Waals surface area (Å²) in [7, 11) is 0. The monoisotopic (exact) mass is 325 g/mol. The van der Waals surface area contributed by atoms with E-state index in [0.29, 0.717) is 5.75 Å². The second-order valence-corrected chi connectivity index (χ2v) is 5.73. The molecule has 0 fully saturated rings. The smallest absolute Gasteiger partial charge is 0.262 e. The van der Waals surface area contributed by atoms with Gasteiger partial charge < -0.3 is 10.1 Å². The summed E-state index contributed by atoms with van der Waals surface area (Å²) in [5.41, 5.74) is 6.09. The summed E-state index contributed by atoms with van der Waals surface area (Å²) >= 11 is 0. The maximum absolute atomic E-state index is 11.4. The number of hydrogen-bond acceptors (Lipinski definition) is 4. The molecule has 0 atom stereocenters. The number of fused-ring (bicyclic) bond motifs is 1. The number of hydrogen-bond donors (Lipinski definition) is 3. The Morgan fingerprint density at radius 3 is 2.50 bits per heavy atom. The van der Waals surface area contributed by atoms with Crippen molar-refractivity contribution in [1.29, 1.82) is 0 Å². The first-order valence-electron chi connectivity index (χ1n) is 7.77. The van der Waals surface area contributed by atoms with Gasteiger partial charge in [-0.1, -0.05) is 30.3 Å². The standard InChI is InChI=1S/C18H19N3O3/c19-21-17(22)10-14-5-2-12(3-6-14)1-4-13-7-8-16-15(9-13)20-18(23)11-24-16/h2-3,5-9H,1,4,10-11,19H2,(H,20,23)(H,21,22). The molecule has 3 rings (SSSR count). The van der Waals surface area contributed by atoms with Gasteiger partial charge in [0.05, 0.1) is 12.1 Å². The van der Waals surface area contributed by atoms with E-state index in [-0.39, 0.29) is 24.8 Å². The van der Waals surface area contributed by atoms with Crippen LogP contribution in [0.25, 0.3) is 0 Å². The molecular formula is C18H19N3O3. The Morgan fingerprint density at radius 1 is 1.08 bits per heavy atom. The second-order valence-electron chi connectivity index (χ2n) is 5.73. The van der Waals surface area contributed by atoms with E-state index in [2.05, 4.69) is 10.7 Å². The normalized spacial score (nSPS) is 12.8. The minimum atomic E-state index is -0.207. The highest BCUT2D eigenvalue weighted by molar-refractivity contribution is 5.95. The number of rotatable bonds is 5. The van der Waals surface area contributed by atoms with Crippen LogP contribution in [0.15, 0.2) is 42.5 Å². The van der Waals surface area contributed by atoms with Crippen molar-refractivity contribution in [2.75, 3.05) is 11.9 Å². The fourth-order valence-corrected chi connectivity index (χ4v) is 2.63. The minimum Gasteiger partial charge on any atom is -0.482 e. The Kier molecular flexibility index (Phi) is 4.77. The lowest BCUT2D eigenvalue weighted by atomic mass is 10.0. The van der Waals surface area contributed by atoms with Gasteiger partial charge in [-0.05, 0) is 41.7 Å². The van der Waals surface area contributed by atoms with E-state index in [9.17, 15) is 9.59 Å². The Labute approximate surface area is 140 Å². The van der Waals surface area contributed by atoms with Gasteiger partial charge in [0.15, 0.2) is 6.61 Å². The van der Waals surface area contributed by atoms with Gasteiger partial charge in [0.2, 0.25) is 5.91 Å². The summed E-state index contributed by atoms with van der Waals surface area (Å²) in [5.74, 6) is 5.46. The molecule has 0 aromatic heterocycles. The van der Waals surface area contributed by atoms with E-state index < -0.39 is 0 Å². The van der Waals surface area contributed by atoms with Gasteiger partial charge in [-0.2, -0.15) is 0 Å². The van der Waals surface area contributed by atoms with E-state index in [4.69, 9.17) is 10.6 Å². The Hall–Kier alpha value is -2.86. The molecule has 124 valence electrons. The highest BCUT2D eigenvalue weighted by atomic mass is 16.5. The lowest BCUT2D eigenvalue weighted by molar-refractivity contribution is -0.120. The number of benzene rings is 2. The van der Waals surface area contributed by atoms with Crippen molar-refractivity contribution >= 4 is 17.5 Å². The molecule has 0 aliphatic carbocycles. The number of ether oxygens (including phenoxy) is 1. The van der Waals surface area contributed by atoms with Crippen LogP contribution in [-0.4, -0.2) is 18.4 Å². The number of nitrogens with two attached hydrogens (primary N) is 1. The average molecular weight is 325 g/mol. The summed E-state index contributed by atoms with van der Waals surface area (Å²) in [5, 5.41) is 2.82. The predicted molar refractivity (Wildman–Crippen MR) is 90.5 cm³/mol. The first-order chi connectivity index (χ1) is 11.6. The van der Waals surface area contributed by atoms with Crippen LogP contribution in [0.5, 0.6) is 5.75 Å². The zero-order valence-electron chi connectivity index (χ0n) is 13.2. The van der Waals surface area contributed by atoms with Gasteiger partial charge >= 0.3 is 0 Å². The van der Waals surface area contributed by atoms with Crippen molar-refractivity contribution in [2.24, 2.45) is 5.84 Å². The van der Waals surface area contributed by atoms with E-state index in [0.717, 1.165) is 29.7 Å². The molecule has 2 amide bonds. The van der Waals surface area contributed by atoms with Crippen molar-refractivity contribution < 1.29 is 14.3 Å². The maximum Gasteiger partial charge on any atom is 0.262 e. The minimum absolute atomic E-state index is 0.0703. The molecule has 0 bridgehead atoms. The van der Waals surface area contributed by atoms with Crippen LogP contribution in [-0.2, 0) is 28.9 Å². The van der Waals surface area contributed by atoms with Gasteiger partial charge in [-0.25, -0.2) is 5.84 Å². The van der Waals surface area contributed by atoms with Crippen LogP contribution in [0.3, 0.4) is 0 Å². The number of aryl methyl sites for hydroxylation is 2. The van der Waals surface area contributed by atoms with Crippen molar-refractivity contribution in [2.45, 2.75) is 19.3 Å². The van der Waals surface area contributed by atoms with Crippen molar-refractivity contribution in [3.05, 3.63) is 59.2 Å². The van der Waals surface area contributed by atoms with Crippen LogP contribution in [0.1, 0.15) is 16.7 Å². The molecule has 2 aromatic carbocycles. The Balaban J connectivity index is 1.60. The fourth-order valence-electron chi connectivity index (χ4n) is 2.63. The third kappa shape index (κ3) is 3.91. The number of carbonyl (C=O) groups excluding carboxylic acids is 2. The number of carbonyl (C=O) groups is 2. The third-order valence-corrected chi connectivity index (χ3v) is 3.93. The number of anilines is 1. The maximum atomic E-state index is 11.4. The predicted octanol–water partition coefficient (Wildman–Crippen LogP) is 1.34. The van der Waals surface area contributed by atoms with E-state index >= 15 is 0 Å². The molecule has 4 N–H and O–H groups in total. The molecule has 0 saturated heterocycles. The highest BCUT2D eigenvalue weighted by Gasteiger charge is 2.15. The van der Waals surface area contributed by atoms with Gasteiger partial charge in [0.1, 0.15) is 5.75 Å². The van der Waals surface area contributed by atoms with Crippen LogP contribution in [0.2, 0.25) is 0 Å². The molecule has 0 spiro atoms. The summed E-state index contributed by atoms with van der Waals surface area (Å²) < 4.78 is 5.35. The second kappa shape index (κ2) is 7.14. The molecule has 6 nitrogen and oxygen atoms in total. The zero-order valence-corrected chi connectivity index (χ0v) is 13.2. The lowest BCUT2D eigenvalue weighted by Crippen LogP contribution is -2.31. The molecule has 1 heterocycles. The highest BCUT2D eigenvalue weighted by Crippen LogP contribution is 2.28. The third-order valence-electron chi connectivity index (χ3n) is 3.93. The van der Waals surface area contributed by atoms with E-state index in [1.54, 1.807) is 0 Å². The molecule has 6 heteroatoms. The van der Waals surface area contributed by atoms with Crippen LogP contribution >= 0.6 is 0 Å². The molecule has 0 radical (unpaired) electrons. The van der Waals surface area contributed by atoms with Crippen LogP contribution in [0, 0.1) is 0 Å². The van der Waals surface area contributed by atoms with Crippen LogP contribution < -0.4 is 21.3 Å². The van der Waals surface area contributed by atoms with E-state index in [1.165, 1.54) is 5.56 Å². The van der Waals surface area contributed by atoms with Gasteiger partial charge in [-0.15, -0.1) is 0 Å². The van der Waals surface area contributed by atoms with Crippen molar-refractivity contribution in [3.63, 3.8) is 0 Å². The molecule has 1 aliphatic heterocycles. The largest absolute Gasteiger partial charge is 0.482 e.